The van der Waals surface area contributed by atoms with Gasteiger partial charge in [0.2, 0.25) is 0 Å². The smallest absolute Gasteiger partial charge is 0.462 e. The zero-order valence-electron chi connectivity index (χ0n) is 61.7. The lowest BCUT2D eigenvalue weighted by molar-refractivity contribution is -0.161. The van der Waals surface area contributed by atoms with Gasteiger partial charge < -0.3 is 33.8 Å². The third-order valence-corrected chi connectivity index (χ3v) is 17.9. The number of phosphoric acid groups is 2. The van der Waals surface area contributed by atoms with E-state index in [0.717, 1.165) is 193 Å². The summed E-state index contributed by atoms with van der Waals surface area (Å²) in [6, 6.07) is 0. The molecule has 3 N–H and O–H groups in total. The van der Waals surface area contributed by atoms with Gasteiger partial charge in [0.05, 0.1) is 26.4 Å². The first-order valence-corrected chi connectivity index (χ1v) is 41.5. The van der Waals surface area contributed by atoms with Crippen molar-refractivity contribution in [1.82, 2.24) is 0 Å². The Balaban J connectivity index is 5.31. The lowest BCUT2D eigenvalue weighted by Crippen LogP contribution is -2.30. The van der Waals surface area contributed by atoms with E-state index in [-0.39, 0.29) is 25.7 Å². The van der Waals surface area contributed by atoms with Gasteiger partial charge in [-0.25, -0.2) is 9.13 Å². The molecule has 0 aromatic rings. The number of rotatable bonds is 72. The van der Waals surface area contributed by atoms with Crippen LogP contribution in [0.1, 0.15) is 323 Å². The zero-order valence-corrected chi connectivity index (χ0v) is 63.5. The van der Waals surface area contributed by atoms with Crippen LogP contribution in [0.15, 0.2) is 97.2 Å². The van der Waals surface area contributed by atoms with E-state index in [1.807, 2.05) is 0 Å². The lowest BCUT2D eigenvalue weighted by atomic mass is 10.1. The number of hydrogen-bond donors (Lipinski definition) is 3. The summed E-state index contributed by atoms with van der Waals surface area (Å²) in [5.41, 5.74) is 0. The largest absolute Gasteiger partial charge is 0.472 e. The van der Waals surface area contributed by atoms with Gasteiger partial charge in [0.15, 0.2) is 12.2 Å². The van der Waals surface area contributed by atoms with Crippen molar-refractivity contribution in [2.45, 2.75) is 341 Å². The summed E-state index contributed by atoms with van der Waals surface area (Å²) in [5.74, 6) is -2.21. The molecule has 0 aliphatic carbocycles. The zero-order chi connectivity index (χ0) is 71.8. The minimum absolute atomic E-state index is 0.0778. The molecule has 5 atom stereocenters. The second-order valence-electron chi connectivity index (χ2n) is 25.6. The number of phosphoric ester groups is 2. The van der Waals surface area contributed by atoms with Crippen molar-refractivity contribution >= 4 is 39.5 Å². The molecule has 0 radical (unpaired) electrons. The van der Waals surface area contributed by atoms with Crippen LogP contribution in [0.5, 0.6) is 0 Å². The van der Waals surface area contributed by atoms with Crippen molar-refractivity contribution < 1.29 is 80.2 Å². The van der Waals surface area contributed by atoms with Gasteiger partial charge in [-0.1, -0.05) is 260 Å². The van der Waals surface area contributed by atoms with E-state index in [1.165, 1.54) is 51.4 Å². The van der Waals surface area contributed by atoms with Crippen molar-refractivity contribution in [2.75, 3.05) is 39.6 Å². The fourth-order valence-electron chi connectivity index (χ4n) is 10.1. The van der Waals surface area contributed by atoms with E-state index < -0.39 is 97.5 Å². The Morgan fingerprint density at radius 1 is 0.296 bits per heavy atom. The number of carbonyl (C=O) groups excluding carboxylic acids is 4. The average molecular weight is 1420 g/mol. The van der Waals surface area contributed by atoms with E-state index in [4.69, 9.17) is 37.0 Å². The van der Waals surface area contributed by atoms with Crippen LogP contribution < -0.4 is 0 Å². The van der Waals surface area contributed by atoms with Crippen molar-refractivity contribution in [1.29, 1.82) is 0 Å². The number of hydrogen-bond acceptors (Lipinski definition) is 15. The minimum atomic E-state index is -4.98. The second-order valence-corrected chi connectivity index (χ2v) is 28.5. The number of esters is 4. The molecule has 0 aromatic heterocycles. The fraction of sp³-hybridized carbons (Fsp3) is 0.747. The van der Waals surface area contributed by atoms with Crippen molar-refractivity contribution in [3.8, 4) is 0 Å². The first kappa shape index (κ1) is 94.0. The molecule has 19 heteroatoms. The van der Waals surface area contributed by atoms with Gasteiger partial charge in [-0.05, 0) is 135 Å². The maximum absolute atomic E-state index is 13.1. The SMILES string of the molecule is CC/C=C\C/C=C\C/C=C\C/C=C\CCCCCCCCC(=O)OCC(COP(=O)(O)OCC(O)COP(=O)(O)OCC(COC(=O)CCCCCCC/C=C\CCCCCCCC)OC(=O)CCCCCCC/C=C\C/C=C\CCC)OC(=O)CCCCCCC/C=C\CCCC. The van der Waals surface area contributed by atoms with Crippen molar-refractivity contribution in [3.63, 3.8) is 0 Å². The summed E-state index contributed by atoms with van der Waals surface area (Å²) in [6.07, 6.45) is 74.0. The highest BCUT2D eigenvalue weighted by Gasteiger charge is 2.30. The molecule has 5 unspecified atom stereocenters. The number of ether oxygens (including phenoxy) is 4. The Labute approximate surface area is 595 Å². The average Bonchev–Trinajstić information content (AvgIpc) is 1.00. The Hall–Kier alpha value is -4.02. The van der Waals surface area contributed by atoms with Crippen LogP contribution in [0.25, 0.3) is 0 Å². The van der Waals surface area contributed by atoms with Gasteiger partial charge in [-0.2, -0.15) is 0 Å². The summed E-state index contributed by atoms with van der Waals surface area (Å²) < 4.78 is 68.4. The molecule has 98 heavy (non-hydrogen) atoms. The van der Waals surface area contributed by atoms with Crippen LogP contribution in [0.3, 0.4) is 0 Å². The van der Waals surface area contributed by atoms with Crippen LogP contribution in [0.4, 0.5) is 0 Å². The van der Waals surface area contributed by atoms with Crippen molar-refractivity contribution in [2.24, 2.45) is 0 Å². The first-order valence-electron chi connectivity index (χ1n) is 38.5. The minimum Gasteiger partial charge on any atom is -0.462 e. The summed E-state index contributed by atoms with van der Waals surface area (Å²) in [6.45, 7) is 4.62. The molecule has 0 heterocycles. The molecule has 0 spiro atoms. The van der Waals surface area contributed by atoms with Gasteiger partial charge in [0, 0.05) is 25.7 Å². The van der Waals surface area contributed by atoms with Gasteiger partial charge in [0.1, 0.15) is 19.3 Å². The Bertz CT molecular complexity index is 2240. The van der Waals surface area contributed by atoms with Crippen molar-refractivity contribution in [3.05, 3.63) is 97.2 Å². The highest BCUT2D eigenvalue weighted by Crippen LogP contribution is 2.45. The molecule has 0 aromatic carbocycles. The summed E-state index contributed by atoms with van der Waals surface area (Å²) in [5, 5.41) is 10.6. The number of carbonyl (C=O) groups is 4. The molecular weight excluding hydrogens is 1280 g/mol. The third kappa shape index (κ3) is 70.4. The number of unbranched alkanes of at least 4 members (excludes halogenated alkanes) is 30. The lowest BCUT2D eigenvalue weighted by Gasteiger charge is -2.21. The Morgan fingerprint density at radius 3 is 0.898 bits per heavy atom. The summed E-state index contributed by atoms with van der Waals surface area (Å²) in [7, 11) is -9.95. The molecule has 17 nitrogen and oxygen atoms in total. The molecule has 0 bridgehead atoms. The normalized spacial score (nSPS) is 14.5. The predicted molar refractivity (Wildman–Crippen MR) is 399 cm³/mol. The van der Waals surface area contributed by atoms with E-state index in [0.29, 0.717) is 25.7 Å². The van der Waals surface area contributed by atoms with Crippen LogP contribution >= 0.6 is 15.6 Å². The quantitative estimate of drug-likeness (QED) is 0.0169. The molecule has 0 saturated heterocycles. The number of aliphatic hydroxyl groups is 1. The monoisotopic (exact) mass is 1420 g/mol. The van der Waals surface area contributed by atoms with Gasteiger partial charge in [-0.3, -0.25) is 37.3 Å². The maximum Gasteiger partial charge on any atom is 0.472 e. The Kier molecular flexibility index (Phi) is 68.4. The second kappa shape index (κ2) is 71.4. The standard InChI is InChI=1S/C79H138O17P2/c1-5-9-13-17-21-25-29-32-34-35-36-37-39-42-45-48-52-56-60-64-77(82)89-69-74(95-78(83)65-61-57-53-49-43-28-24-20-16-12-8-4)71-93-97(85,86)91-67-73(80)68-92-98(87,88)94-72-75(96-79(84)66-62-58-54-50-46-40-31-27-23-19-15-11-7-3)70-90-76(81)63-59-55-51-47-44-41-38-33-30-26-22-18-14-10-6-2/h9,13,15,19-21,24-25,27,31-34,36-38,73-75,80H,5-8,10-12,14,16-18,22-23,26,28-30,35,39-72H2,1-4H3,(H,85,86)(H,87,88)/b13-9-,19-15-,24-20-,25-21-,31-27-,34-32-,37-36-,38-33-. The topological polar surface area (TPSA) is 237 Å². The molecule has 0 rings (SSSR count). The van der Waals surface area contributed by atoms with Crippen LogP contribution in [-0.2, 0) is 65.4 Å². The highest BCUT2D eigenvalue weighted by molar-refractivity contribution is 7.47. The van der Waals surface area contributed by atoms with E-state index in [2.05, 4.69) is 125 Å². The first-order chi connectivity index (χ1) is 47.7. The van der Waals surface area contributed by atoms with Gasteiger partial charge >= 0.3 is 39.5 Å². The molecule has 0 fully saturated rings. The molecule has 0 aliphatic heterocycles. The predicted octanol–water partition coefficient (Wildman–Crippen LogP) is 22.0. The van der Waals surface area contributed by atoms with Crippen LogP contribution in [0, 0.1) is 0 Å². The number of aliphatic hydroxyl groups excluding tert-OH is 1. The fourth-order valence-corrected chi connectivity index (χ4v) is 11.7. The number of allylic oxidation sites excluding steroid dienone is 16. The van der Waals surface area contributed by atoms with Gasteiger partial charge in [-0.15, -0.1) is 0 Å². The van der Waals surface area contributed by atoms with Crippen LogP contribution in [0.2, 0.25) is 0 Å². The molecule has 0 saturated carbocycles. The van der Waals surface area contributed by atoms with Crippen LogP contribution in [-0.4, -0.2) is 96.7 Å². The molecular formula is C79H138O17P2. The molecule has 0 aliphatic rings. The molecule has 0 amide bonds. The van der Waals surface area contributed by atoms with E-state index >= 15 is 0 Å². The highest BCUT2D eigenvalue weighted by atomic mass is 31.2. The third-order valence-electron chi connectivity index (χ3n) is 16.0. The molecule has 566 valence electrons. The van der Waals surface area contributed by atoms with E-state index in [1.54, 1.807) is 0 Å². The maximum atomic E-state index is 13.1. The van der Waals surface area contributed by atoms with Gasteiger partial charge in [0.25, 0.3) is 0 Å². The van der Waals surface area contributed by atoms with E-state index in [9.17, 15) is 43.2 Å². The summed E-state index contributed by atoms with van der Waals surface area (Å²) in [4.78, 5) is 72.8. The summed E-state index contributed by atoms with van der Waals surface area (Å²) >= 11 is 0. The Morgan fingerprint density at radius 2 is 0.561 bits per heavy atom.